The van der Waals surface area contributed by atoms with Crippen LogP contribution in [0.2, 0.25) is 0 Å². The number of esters is 1. The first kappa shape index (κ1) is 25.5. The van der Waals surface area contributed by atoms with Gasteiger partial charge in [0.15, 0.2) is 0 Å². The SMILES string of the molecule is COC(=O)c1cc(CNC(=O)Cn2nc(C)cc2C)cc(NC(=O)c2cccc(C(F)(F)F)c2)c1. The molecular formula is C24H23F3N4O4. The zero-order valence-corrected chi connectivity index (χ0v) is 19.2. The maximum absolute atomic E-state index is 13.0. The summed E-state index contributed by atoms with van der Waals surface area (Å²) in [6.07, 6.45) is -4.60. The lowest BCUT2D eigenvalue weighted by Crippen LogP contribution is -2.28. The van der Waals surface area contributed by atoms with Gasteiger partial charge in [0.25, 0.3) is 5.91 Å². The summed E-state index contributed by atoms with van der Waals surface area (Å²) in [5.74, 6) is -1.80. The fourth-order valence-corrected chi connectivity index (χ4v) is 3.37. The summed E-state index contributed by atoms with van der Waals surface area (Å²) < 4.78 is 45.2. The number of methoxy groups -OCH3 is 1. The van der Waals surface area contributed by atoms with Gasteiger partial charge in [0.2, 0.25) is 5.91 Å². The Morgan fingerprint density at radius 3 is 2.40 bits per heavy atom. The second kappa shape index (κ2) is 10.4. The second-order valence-electron chi connectivity index (χ2n) is 7.80. The number of nitrogens with zero attached hydrogens (tertiary/aromatic N) is 2. The monoisotopic (exact) mass is 488 g/mol. The van der Waals surface area contributed by atoms with Crippen molar-refractivity contribution in [1.29, 1.82) is 0 Å². The fraction of sp³-hybridized carbons (Fsp3) is 0.250. The molecule has 0 spiro atoms. The van der Waals surface area contributed by atoms with Gasteiger partial charge in [-0.25, -0.2) is 4.79 Å². The molecule has 11 heteroatoms. The first-order chi connectivity index (χ1) is 16.5. The van der Waals surface area contributed by atoms with Gasteiger partial charge in [-0.1, -0.05) is 6.07 Å². The molecule has 184 valence electrons. The molecule has 3 rings (SSSR count). The Morgan fingerprint density at radius 2 is 1.77 bits per heavy atom. The molecule has 1 aromatic heterocycles. The molecule has 2 N–H and O–H groups in total. The minimum atomic E-state index is -4.60. The van der Waals surface area contributed by atoms with Gasteiger partial charge in [0.1, 0.15) is 6.54 Å². The molecule has 0 saturated heterocycles. The van der Waals surface area contributed by atoms with Crippen molar-refractivity contribution in [3.05, 3.63) is 82.2 Å². The molecule has 3 aromatic rings. The molecule has 0 aliphatic rings. The second-order valence-corrected chi connectivity index (χ2v) is 7.80. The van der Waals surface area contributed by atoms with Gasteiger partial charge in [0, 0.05) is 23.5 Å². The third kappa shape index (κ3) is 6.69. The van der Waals surface area contributed by atoms with Gasteiger partial charge in [0.05, 0.1) is 23.9 Å². The third-order valence-electron chi connectivity index (χ3n) is 5.01. The molecule has 0 fully saturated rings. The first-order valence-electron chi connectivity index (χ1n) is 10.4. The summed E-state index contributed by atoms with van der Waals surface area (Å²) in [6, 6.07) is 10.1. The van der Waals surface area contributed by atoms with Crippen molar-refractivity contribution < 1.29 is 32.3 Å². The Hall–Kier alpha value is -4.15. The molecule has 0 radical (unpaired) electrons. The zero-order valence-electron chi connectivity index (χ0n) is 19.2. The van der Waals surface area contributed by atoms with Crippen molar-refractivity contribution in [2.75, 3.05) is 12.4 Å². The lowest BCUT2D eigenvalue weighted by atomic mass is 10.1. The van der Waals surface area contributed by atoms with Gasteiger partial charge in [-0.15, -0.1) is 0 Å². The number of carbonyl (C=O) groups excluding carboxylic acids is 3. The summed E-state index contributed by atoms with van der Waals surface area (Å²) in [5.41, 5.74) is 1.15. The first-order valence-corrected chi connectivity index (χ1v) is 10.4. The van der Waals surface area contributed by atoms with E-state index in [0.29, 0.717) is 5.56 Å². The summed E-state index contributed by atoms with van der Waals surface area (Å²) >= 11 is 0. The molecule has 0 saturated carbocycles. The minimum Gasteiger partial charge on any atom is -0.465 e. The quantitative estimate of drug-likeness (QED) is 0.492. The molecule has 0 unspecified atom stereocenters. The van der Waals surface area contributed by atoms with Crippen molar-refractivity contribution in [1.82, 2.24) is 15.1 Å². The van der Waals surface area contributed by atoms with Gasteiger partial charge >= 0.3 is 12.1 Å². The number of nitrogens with one attached hydrogen (secondary N) is 2. The number of anilines is 1. The molecule has 0 atom stereocenters. The van der Waals surface area contributed by atoms with E-state index in [4.69, 9.17) is 4.74 Å². The van der Waals surface area contributed by atoms with E-state index >= 15 is 0 Å². The predicted molar refractivity (Wildman–Crippen MR) is 121 cm³/mol. The molecule has 0 bridgehead atoms. The van der Waals surface area contributed by atoms with E-state index in [1.165, 1.54) is 31.4 Å². The number of aryl methyl sites for hydroxylation is 2. The van der Waals surface area contributed by atoms with Crippen molar-refractivity contribution in [2.24, 2.45) is 0 Å². The molecule has 2 amide bonds. The van der Waals surface area contributed by atoms with Crippen LogP contribution in [-0.2, 0) is 28.8 Å². The number of hydrogen-bond acceptors (Lipinski definition) is 5. The van der Waals surface area contributed by atoms with Crippen LogP contribution >= 0.6 is 0 Å². The van der Waals surface area contributed by atoms with Gasteiger partial charge in [-0.05, 0) is 61.9 Å². The molecular weight excluding hydrogens is 465 g/mol. The summed E-state index contributed by atoms with van der Waals surface area (Å²) in [4.78, 5) is 37.0. The highest BCUT2D eigenvalue weighted by atomic mass is 19.4. The lowest BCUT2D eigenvalue weighted by molar-refractivity contribution is -0.137. The molecule has 1 heterocycles. The van der Waals surface area contributed by atoms with Crippen LogP contribution in [-0.4, -0.2) is 34.7 Å². The van der Waals surface area contributed by atoms with Crippen LogP contribution in [0.5, 0.6) is 0 Å². The highest BCUT2D eigenvalue weighted by Crippen LogP contribution is 2.29. The Labute approximate surface area is 199 Å². The van der Waals surface area contributed by atoms with E-state index in [-0.39, 0.29) is 35.8 Å². The standard InChI is InChI=1S/C24H23F3N4O4/c1-14-7-15(2)31(30-14)13-21(32)28-12-16-8-18(23(34)35-3)11-20(9-16)29-22(33)17-5-4-6-19(10-17)24(25,26)27/h4-11H,12-13H2,1-3H3,(H,28,32)(H,29,33). The Balaban J connectivity index is 1.77. The lowest BCUT2D eigenvalue weighted by Gasteiger charge is -2.12. The van der Waals surface area contributed by atoms with Crippen molar-refractivity contribution in [3.63, 3.8) is 0 Å². The van der Waals surface area contributed by atoms with Crippen LogP contribution in [0.4, 0.5) is 18.9 Å². The number of amides is 2. The van der Waals surface area contributed by atoms with Gasteiger partial charge in [-0.2, -0.15) is 18.3 Å². The number of aromatic nitrogens is 2. The number of ether oxygens (including phenoxy) is 1. The van der Waals surface area contributed by atoms with Crippen LogP contribution < -0.4 is 10.6 Å². The average Bonchev–Trinajstić information content (AvgIpc) is 3.12. The van der Waals surface area contributed by atoms with Crippen LogP contribution in [0, 0.1) is 13.8 Å². The van der Waals surface area contributed by atoms with Crippen LogP contribution in [0.15, 0.2) is 48.5 Å². The van der Waals surface area contributed by atoms with Crippen LogP contribution in [0.1, 0.15) is 43.2 Å². The fourth-order valence-electron chi connectivity index (χ4n) is 3.37. The normalized spacial score (nSPS) is 11.1. The highest BCUT2D eigenvalue weighted by molar-refractivity contribution is 6.05. The van der Waals surface area contributed by atoms with Crippen molar-refractivity contribution in [3.8, 4) is 0 Å². The topological polar surface area (TPSA) is 102 Å². The van der Waals surface area contributed by atoms with E-state index in [1.54, 1.807) is 4.68 Å². The number of hydrogen-bond donors (Lipinski definition) is 2. The number of halogens is 3. The summed E-state index contributed by atoms with van der Waals surface area (Å²) in [5, 5.41) is 9.44. The molecule has 8 nitrogen and oxygen atoms in total. The molecule has 2 aromatic carbocycles. The number of alkyl halides is 3. The largest absolute Gasteiger partial charge is 0.465 e. The number of rotatable bonds is 7. The highest BCUT2D eigenvalue weighted by Gasteiger charge is 2.31. The average molecular weight is 488 g/mol. The van der Waals surface area contributed by atoms with E-state index in [1.807, 2.05) is 19.9 Å². The van der Waals surface area contributed by atoms with Crippen LogP contribution in [0.25, 0.3) is 0 Å². The summed E-state index contributed by atoms with van der Waals surface area (Å²) in [7, 11) is 1.19. The number of carbonyl (C=O) groups is 3. The van der Waals surface area contributed by atoms with Crippen LogP contribution in [0.3, 0.4) is 0 Å². The van der Waals surface area contributed by atoms with E-state index in [2.05, 4.69) is 15.7 Å². The maximum Gasteiger partial charge on any atom is 0.416 e. The Kier molecular flexibility index (Phi) is 7.58. The van der Waals surface area contributed by atoms with Gasteiger partial charge in [-0.3, -0.25) is 14.3 Å². The van der Waals surface area contributed by atoms with Crippen molar-refractivity contribution >= 4 is 23.5 Å². The predicted octanol–water partition coefficient (Wildman–Crippen LogP) is 3.87. The van der Waals surface area contributed by atoms with E-state index in [9.17, 15) is 27.6 Å². The van der Waals surface area contributed by atoms with E-state index in [0.717, 1.165) is 29.6 Å². The number of benzene rings is 2. The minimum absolute atomic E-state index is 0.00446. The van der Waals surface area contributed by atoms with Gasteiger partial charge < -0.3 is 15.4 Å². The smallest absolute Gasteiger partial charge is 0.416 e. The molecule has 0 aliphatic carbocycles. The van der Waals surface area contributed by atoms with Crippen molar-refractivity contribution in [2.45, 2.75) is 33.1 Å². The Morgan fingerprint density at radius 1 is 1.03 bits per heavy atom. The maximum atomic E-state index is 13.0. The molecule has 0 aliphatic heterocycles. The van der Waals surface area contributed by atoms with E-state index < -0.39 is 23.6 Å². The Bertz CT molecular complexity index is 1270. The molecule has 35 heavy (non-hydrogen) atoms. The summed E-state index contributed by atoms with van der Waals surface area (Å²) in [6.45, 7) is 3.66. The third-order valence-corrected chi connectivity index (χ3v) is 5.01. The zero-order chi connectivity index (χ0) is 25.8.